The Kier molecular flexibility index (Phi) is 6.86. The summed E-state index contributed by atoms with van der Waals surface area (Å²) in [6.07, 6.45) is 0.551. The first kappa shape index (κ1) is 24.0. The predicted molar refractivity (Wildman–Crippen MR) is 122 cm³/mol. The number of furan rings is 1. The van der Waals surface area contributed by atoms with Gasteiger partial charge in [0, 0.05) is 23.1 Å². The van der Waals surface area contributed by atoms with Crippen LogP contribution < -0.4 is 10.1 Å². The normalized spacial score (nSPS) is 11.3. The third-order valence-corrected chi connectivity index (χ3v) is 5.74. The topological polar surface area (TPSA) is 88.9 Å². The molecule has 0 atom stereocenters. The first-order chi connectivity index (χ1) is 15.6. The quantitative estimate of drug-likeness (QED) is 0.521. The van der Waals surface area contributed by atoms with E-state index in [0.29, 0.717) is 23.2 Å². The van der Waals surface area contributed by atoms with Crippen LogP contribution in [0.5, 0.6) is 5.75 Å². The average Bonchev–Trinajstić information content (AvgIpc) is 3.11. The molecule has 0 aliphatic rings. The molecule has 3 rings (SSSR count). The zero-order valence-electron chi connectivity index (χ0n) is 19.3. The highest BCUT2D eigenvalue weighted by Gasteiger charge is 2.40. The molecule has 2 amide bonds. The van der Waals surface area contributed by atoms with E-state index in [1.165, 1.54) is 33.1 Å². The van der Waals surface area contributed by atoms with E-state index in [4.69, 9.17) is 9.15 Å². The van der Waals surface area contributed by atoms with Gasteiger partial charge in [-0.1, -0.05) is 17.7 Å². The molecule has 3 aromatic rings. The second kappa shape index (κ2) is 9.44. The molecule has 7 nitrogen and oxygen atoms in total. The molecule has 2 aromatic carbocycles. The van der Waals surface area contributed by atoms with Gasteiger partial charge in [0.25, 0.3) is 5.91 Å². The molecule has 1 heterocycles. The van der Waals surface area contributed by atoms with Gasteiger partial charge in [-0.25, -0.2) is 4.39 Å². The summed E-state index contributed by atoms with van der Waals surface area (Å²) in [5.41, 5.74) is 0.931. The van der Waals surface area contributed by atoms with Gasteiger partial charge in [-0.3, -0.25) is 9.59 Å². The van der Waals surface area contributed by atoms with Crippen molar-refractivity contribution in [2.24, 2.45) is 0 Å². The smallest absolute Gasteiger partial charge is 0.291 e. The minimum Gasteiger partial charge on any atom is -0.496 e. The number of methoxy groups -OCH3 is 1. The molecular weight excluding hydrogens is 427 g/mol. The zero-order chi connectivity index (χ0) is 24.3. The number of amides is 2. The van der Waals surface area contributed by atoms with Crippen molar-refractivity contribution in [2.45, 2.75) is 39.8 Å². The third-order valence-electron chi connectivity index (χ3n) is 5.74. The van der Waals surface area contributed by atoms with Crippen LogP contribution in [0.3, 0.4) is 0 Å². The second-order valence-corrected chi connectivity index (χ2v) is 8.30. The van der Waals surface area contributed by atoms with Gasteiger partial charge >= 0.3 is 0 Å². The van der Waals surface area contributed by atoms with Gasteiger partial charge in [-0.15, -0.1) is 0 Å². The number of rotatable bonds is 8. The third kappa shape index (κ3) is 4.60. The molecule has 0 unspecified atom stereocenters. The highest BCUT2D eigenvalue weighted by Crippen LogP contribution is 2.29. The van der Waals surface area contributed by atoms with E-state index in [2.05, 4.69) is 5.32 Å². The minimum absolute atomic E-state index is 0.0640. The Morgan fingerprint density at radius 3 is 2.61 bits per heavy atom. The molecule has 0 saturated carbocycles. The van der Waals surface area contributed by atoms with Gasteiger partial charge in [0.1, 0.15) is 29.0 Å². The number of hydrogen-bond acceptors (Lipinski definition) is 5. The molecule has 0 spiro atoms. The Morgan fingerprint density at radius 2 is 1.94 bits per heavy atom. The lowest BCUT2D eigenvalue weighted by Gasteiger charge is -2.35. The standard InChI is InChI=1S/C25H27FN2O5/c1-15-9-10-21-17(13-15)16(2)22(33-21)23(30)28(11-12-29)25(3,4)24(31)27-14-18-19(26)7-6-8-20(18)32-5/h6-10,12-13H,11,14H2,1-5H3,(H,27,31). The fourth-order valence-electron chi connectivity index (χ4n) is 3.71. The molecule has 0 bridgehead atoms. The molecule has 1 N–H and O–H groups in total. The summed E-state index contributed by atoms with van der Waals surface area (Å²) in [7, 11) is 1.41. The Balaban J connectivity index is 1.89. The maximum Gasteiger partial charge on any atom is 0.291 e. The van der Waals surface area contributed by atoms with Gasteiger partial charge in [-0.05, 0) is 52.0 Å². The molecule has 0 aliphatic heterocycles. The lowest BCUT2D eigenvalue weighted by atomic mass is 9.99. The Bertz CT molecular complexity index is 1210. The number of nitrogens with one attached hydrogen (secondary N) is 1. The molecule has 0 aliphatic carbocycles. The van der Waals surface area contributed by atoms with Crippen molar-refractivity contribution in [3.63, 3.8) is 0 Å². The summed E-state index contributed by atoms with van der Waals surface area (Å²) < 4.78 is 25.2. The Labute approximate surface area is 191 Å². The van der Waals surface area contributed by atoms with Gasteiger partial charge in [0.15, 0.2) is 5.76 Å². The van der Waals surface area contributed by atoms with E-state index < -0.39 is 23.2 Å². The highest BCUT2D eigenvalue weighted by atomic mass is 19.1. The van der Waals surface area contributed by atoms with Crippen molar-refractivity contribution in [3.8, 4) is 5.75 Å². The van der Waals surface area contributed by atoms with E-state index in [-0.39, 0.29) is 24.4 Å². The number of ether oxygens (including phenoxy) is 1. The summed E-state index contributed by atoms with van der Waals surface area (Å²) in [6, 6.07) is 9.92. The van der Waals surface area contributed by atoms with Crippen LogP contribution in [0.1, 0.15) is 41.1 Å². The zero-order valence-corrected chi connectivity index (χ0v) is 19.3. The van der Waals surface area contributed by atoms with E-state index in [1.54, 1.807) is 19.1 Å². The number of aryl methyl sites for hydroxylation is 2. The van der Waals surface area contributed by atoms with Crippen LogP contribution in [-0.2, 0) is 16.1 Å². The maximum atomic E-state index is 14.2. The molecule has 0 saturated heterocycles. The van der Waals surface area contributed by atoms with Crippen molar-refractivity contribution in [2.75, 3.05) is 13.7 Å². The number of hydrogen-bond donors (Lipinski definition) is 1. The van der Waals surface area contributed by atoms with Crippen molar-refractivity contribution in [1.82, 2.24) is 10.2 Å². The lowest BCUT2D eigenvalue weighted by molar-refractivity contribution is -0.131. The van der Waals surface area contributed by atoms with Crippen molar-refractivity contribution >= 4 is 29.1 Å². The summed E-state index contributed by atoms with van der Waals surface area (Å²) in [4.78, 5) is 39.0. The molecule has 0 fully saturated rings. The minimum atomic E-state index is -1.43. The van der Waals surface area contributed by atoms with Gasteiger partial charge < -0.3 is 24.2 Å². The predicted octanol–water partition coefficient (Wildman–Crippen LogP) is 3.93. The van der Waals surface area contributed by atoms with Crippen LogP contribution in [0, 0.1) is 19.7 Å². The van der Waals surface area contributed by atoms with E-state index >= 15 is 0 Å². The molecular formula is C25H27FN2O5. The lowest BCUT2D eigenvalue weighted by Crippen LogP contribution is -2.57. The van der Waals surface area contributed by atoms with Crippen molar-refractivity contribution in [3.05, 3.63) is 64.7 Å². The number of halogens is 1. The van der Waals surface area contributed by atoms with Crippen LogP contribution >= 0.6 is 0 Å². The number of fused-ring (bicyclic) bond motifs is 1. The van der Waals surface area contributed by atoms with Crippen molar-refractivity contribution in [1.29, 1.82) is 0 Å². The van der Waals surface area contributed by atoms with E-state index in [0.717, 1.165) is 15.8 Å². The van der Waals surface area contributed by atoms with Crippen LogP contribution in [0.15, 0.2) is 40.8 Å². The van der Waals surface area contributed by atoms with Gasteiger partial charge in [0.05, 0.1) is 13.7 Å². The molecule has 0 radical (unpaired) electrons. The first-order valence-corrected chi connectivity index (χ1v) is 10.5. The summed E-state index contributed by atoms with van der Waals surface area (Å²) in [6.45, 7) is 6.26. The Hall–Kier alpha value is -3.68. The number of benzene rings is 2. The molecule has 1 aromatic heterocycles. The van der Waals surface area contributed by atoms with Gasteiger partial charge in [-0.2, -0.15) is 0 Å². The van der Waals surface area contributed by atoms with Crippen molar-refractivity contribution < 1.29 is 27.9 Å². The molecule has 8 heteroatoms. The van der Waals surface area contributed by atoms with Crippen LogP contribution in [0.4, 0.5) is 4.39 Å². The second-order valence-electron chi connectivity index (χ2n) is 8.30. The fourth-order valence-corrected chi connectivity index (χ4v) is 3.71. The summed E-state index contributed by atoms with van der Waals surface area (Å²) in [5, 5.41) is 3.44. The van der Waals surface area contributed by atoms with E-state index in [9.17, 15) is 18.8 Å². The summed E-state index contributed by atoms with van der Waals surface area (Å²) in [5.74, 6) is -1.32. The van der Waals surface area contributed by atoms with Crippen LogP contribution in [0.25, 0.3) is 11.0 Å². The fraction of sp³-hybridized carbons (Fsp3) is 0.320. The summed E-state index contributed by atoms with van der Waals surface area (Å²) >= 11 is 0. The van der Waals surface area contributed by atoms with Gasteiger partial charge in [0.2, 0.25) is 5.91 Å². The Morgan fingerprint density at radius 1 is 1.21 bits per heavy atom. The molecule has 33 heavy (non-hydrogen) atoms. The SMILES string of the molecule is COc1cccc(F)c1CNC(=O)C(C)(C)N(CC=O)C(=O)c1oc2ccc(C)cc2c1C. The van der Waals surface area contributed by atoms with Crippen LogP contribution in [-0.4, -0.2) is 42.2 Å². The molecule has 174 valence electrons. The highest BCUT2D eigenvalue weighted by molar-refractivity contribution is 6.02. The number of carbonyl (C=O) groups excluding carboxylic acids is 3. The number of carbonyl (C=O) groups is 3. The monoisotopic (exact) mass is 454 g/mol. The van der Waals surface area contributed by atoms with Crippen LogP contribution in [0.2, 0.25) is 0 Å². The number of nitrogens with zero attached hydrogens (tertiary/aromatic N) is 1. The largest absolute Gasteiger partial charge is 0.496 e. The maximum absolute atomic E-state index is 14.2. The first-order valence-electron chi connectivity index (χ1n) is 10.5. The van der Waals surface area contributed by atoms with E-state index in [1.807, 2.05) is 19.1 Å². The number of aldehydes is 1. The average molecular weight is 454 g/mol.